The summed E-state index contributed by atoms with van der Waals surface area (Å²) in [6, 6.07) is 27.1. The number of aliphatic hydroxyl groups is 1. The predicted molar refractivity (Wildman–Crippen MR) is 118 cm³/mol. The summed E-state index contributed by atoms with van der Waals surface area (Å²) in [6.07, 6.45) is -1.00. The van der Waals surface area contributed by atoms with Crippen LogP contribution >= 0.6 is 11.6 Å². The van der Waals surface area contributed by atoms with Gasteiger partial charge in [-0.25, -0.2) is 4.79 Å². The zero-order chi connectivity index (χ0) is 21.3. The number of carbonyl (C=O) groups excluding carboxylic acids is 1. The number of carbonyl (C=O) groups is 1. The maximum Gasteiger partial charge on any atom is 0.322 e. The van der Waals surface area contributed by atoms with E-state index in [1.807, 2.05) is 48.5 Å². The topological polar surface area (TPSA) is 76.4 Å². The molecule has 0 bridgehead atoms. The van der Waals surface area contributed by atoms with Gasteiger partial charge < -0.3 is 15.3 Å². The molecule has 152 valence electrons. The van der Waals surface area contributed by atoms with Crippen LogP contribution in [-0.4, -0.2) is 22.6 Å². The fraction of sp³-hybridized carbons (Fsp3) is 0.167. The second-order valence-corrected chi connectivity index (χ2v) is 7.33. The lowest BCUT2D eigenvalue weighted by atomic mass is 9.96. The number of hydrogen-bond acceptors (Lipinski definition) is 3. The van der Waals surface area contributed by atoms with E-state index in [1.54, 1.807) is 36.4 Å². The molecule has 2 amide bonds. The van der Waals surface area contributed by atoms with E-state index in [0.29, 0.717) is 22.8 Å². The molecule has 0 aliphatic carbocycles. The van der Waals surface area contributed by atoms with Crippen LogP contribution < -0.4 is 5.32 Å². The summed E-state index contributed by atoms with van der Waals surface area (Å²) in [5.74, 6) is -0.785. The first-order valence-corrected chi connectivity index (χ1v) is 9.92. The number of amides is 2. The van der Waals surface area contributed by atoms with Crippen LogP contribution in [0.5, 0.6) is 0 Å². The summed E-state index contributed by atoms with van der Waals surface area (Å²) in [7, 11) is 0. The summed E-state index contributed by atoms with van der Waals surface area (Å²) >= 11 is 5.91. The number of nitriles is 1. The molecule has 2 unspecified atom stereocenters. The first kappa shape index (κ1) is 21.4. The maximum absolute atomic E-state index is 13.0. The Bertz CT molecular complexity index is 988. The van der Waals surface area contributed by atoms with Crippen molar-refractivity contribution in [2.24, 2.45) is 5.92 Å². The van der Waals surface area contributed by atoms with E-state index in [0.717, 1.165) is 5.56 Å². The molecule has 6 heteroatoms. The van der Waals surface area contributed by atoms with Gasteiger partial charge in [0.15, 0.2) is 0 Å². The van der Waals surface area contributed by atoms with Crippen LogP contribution in [0.3, 0.4) is 0 Å². The van der Waals surface area contributed by atoms with E-state index < -0.39 is 12.0 Å². The number of halogens is 1. The fourth-order valence-corrected chi connectivity index (χ4v) is 3.22. The number of rotatable bonds is 7. The third-order valence-electron chi connectivity index (χ3n) is 4.70. The Morgan fingerprint density at radius 3 is 2.20 bits per heavy atom. The maximum atomic E-state index is 13.0. The Morgan fingerprint density at radius 1 is 1.00 bits per heavy atom. The molecule has 0 fully saturated rings. The van der Waals surface area contributed by atoms with Gasteiger partial charge in [0, 0.05) is 23.8 Å². The van der Waals surface area contributed by atoms with E-state index in [-0.39, 0.29) is 12.6 Å². The van der Waals surface area contributed by atoms with Crippen LogP contribution in [0.25, 0.3) is 0 Å². The number of anilines is 1. The quantitative estimate of drug-likeness (QED) is 0.549. The van der Waals surface area contributed by atoms with Crippen molar-refractivity contribution in [2.75, 3.05) is 11.9 Å². The minimum atomic E-state index is -1.00. The molecule has 3 rings (SSSR count). The number of benzene rings is 3. The number of nitrogens with zero attached hydrogens (tertiary/aromatic N) is 2. The van der Waals surface area contributed by atoms with E-state index in [2.05, 4.69) is 11.4 Å². The van der Waals surface area contributed by atoms with E-state index in [9.17, 15) is 15.2 Å². The first-order valence-electron chi connectivity index (χ1n) is 9.55. The molecule has 0 radical (unpaired) electrons. The average molecular weight is 420 g/mol. The van der Waals surface area contributed by atoms with Gasteiger partial charge in [0.2, 0.25) is 0 Å². The van der Waals surface area contributed by atoms with Crippen LogP contribution in [0, 0.1) is 17.2 Å². The Balaban J connectivity index is 1.79. The van der Waals surface area contributed by atoms with Gasteiger partial charge in [-0.05, 0) is 35.4 Å². The van der Waals surface area contributed by atoms with Crippen LogP contribution in [0.15, 0.2) is 84.9 Å². The van der Waals surface area contributed by atoms with E-state index >= 15 is 0 Å². The van der Waals surface area contributed by atoms with Crippen molar-refractivity contribution in [2.45, 2.75) is 12.6 Å². The Morgan fingerprint density at radius 2 is 1.60 bits per heavy atom. The minimum absolute atomic E-state index is 0.0703. The monoisotopic (exact) mass is 419 g/mol. The second-order valence-electron chi connectivity index (χ2n) is 6.89. The molecule has 2 atom stereocenters. The number of nitrogens with one attached hydrogen (secondary N) is 1. The number of aliphatic hydroxyl groups excluding tert-OH is 1. The molecule has 0 spiro atoms. The molecule has 30 heavy (non-hydrogen) atoms. The lowest BCUT2D eigenvalue weighted by Gasteiger charge is -2.27. The lowest BCUT2D eigenvalue weighted by molar-refractivity contribution is 0.112. The highest BCUT2D eigenvalue weighted by Crippen LogP contribution is 2.24. The molecular weight excluding hydrogens is 398 g/mol. The second kappa shape index (κ2) is 10.4. The van der Waals surface area contributed by atoms with Crippen molar-refractivity contribution < 1.29 is 9.90 Å². The highest BCUT2D eigenvalue weighted by atomic mass is 35.5. The van der Waals surface area contributed by atoms with Gasteiger partial charge in [-0.3, -0.25) is 0 Å². The van der Waals surface area contributed by atoms with Crippen LogP contribution in [-0.2, 0) is 6.54 Å². The SMILES string of the molecule is N#CC(CN(Cc1ccccc1)C(=O)Nc1ccc(Cl)cc1)C(O)c1ccccc1. The zero-order valence-electron chi connectivity index (χ0n) is 16.3. The van der Waals surface area contributed by atoms with E-state index in [1.165, 1.54) is 4.90 Å². The summed E-state index contributed by atoms with van der Waals surface area (Å²) in [5.41, 5.74) is 2.16. The van der Waals surface area contributed by atoms with Crippen LogP contribution in [0.1, 0.15) is 17.2 Å². The normalized spacial score (nSPS) is 12.4. The summed E-state index contributed by atoms with van der Waals surface area (Å²) in [4.78, 5) is 14.5. The summed E-state index contributed by atoms with van der Waals surface area (Å²) in [6.45, 7) is 0.376. The van der Waals surface area contributed by atoms with Gasteiger partial charge in [0.1, 0.15) is 0 Å². The molecule has 0 aliphatic rings. The fourth-order valence-electron chi connectivity index (χ4n) is 3.09. The van der Waals surface area contributed by atoms with Crippen molar-refractivity contribution in [3.8, 4) is 6.07 Å². The third kappa shape index (κ3) is 5.84. The molecule has 2 N–H and O–H groups in total. The van der Waals surface area contributed by atoms with Gasteiger partial charge in [-0.2, -0.15) is 5.26 Å². The van der Waals surface area contributed by atoms with Crippen molar-refractivity contribution in [3.05, 3.63) is 101 Å². The van der Waals surface area contributed by atoms with Gasteiger partial charge in [-0.1, -0.05) is 72.3 Å². The van der Waals surface area contributed by atoms with Crippen molar-refractivity contribution in [1.82, 2.24) is 4.90 Å². The Hall–Kier alpha value is -3.33. The average Bonchev–Trinajstić information content (AvgIpc) is 2.79. The zero-order valence-corrected chi connectivity index (χ0v) is 17.0. The first-order chi connectivity index (χ1) is 14.6. The molecule has 0 saturated carbocycles. The molecule has 0 aliphatic heterocycles. The standard InChI is InChI=1S/C24H22ClN3O2/c25-21-11-13-22(14-12-21)27-24(30)28(16-18-7-3-1-4-8-18)17-20(15-26)23(29)19-9-5-2-6-10-19/h1-14,20,23,29H,16-17H2,(H,27,30). The smallest absolute Gasteiger partial charge is 0.322 e. The Kier molecular flexibility index (Phi) is 7.45. The Labute approximate surface area is 181 Å². The van der Waals surface area contributed by atoms with Gasteiger partial charge in [0.25, 0.3) is 0 Å². The van der Waals surface area contributed by atoms with Crippen LogP contribution in [0.2, 0.25) is 5.02 Å². The predicted octanol–water partition coefficient (Wildman–Crippen LogP) is 5.25. The molecule has 0 heterocycles. The molecule has 0 aromatic heterocycles. The van der Waals surface area contributed by atoms with Gasteiger partial charge >= 0.3 is 6.03 Å². The summed E-state index contributed by atoms with van der Waals surface area (Å²) < 4.78 is 0. The highest BCUT2D eigenvalue weighted by molar-refractivity contribution is 6.30. The van der Waals surface area contributed by atoms with Crippen molar-refractivity contribution in [3.63, 3.8) is 0 Å². The highest BCUT2D eigenvalue weighted by Gasteiger charge is 2.26. The molecular formula is C24H22ClN3O2. The molecule has 5 nitrogen and oxygen atoms in total. The van der Waals surface area contributed by atoms with E-state index in [4.69, 9.17) is 11.6 Å². The minimum Gasteiger partial charge on any atom is -0.387 e. The number of urea groups is 1. The van der Waals surface area contributed by atoms with Crippen molar-refractivity contribution in [1.29, 1.82) is 5.26 Å². The lowest BCUT2D eigenvalue weighted by Crippen LogP contribution is -2.39. The summed E-state index contributed by atoms with van der Waals surface area (Å²) in [5, 5.41) is 23.8. The van der Waals surface area contributed by atoms with Gasteiger partial charge in [0.05, 0.1) is 18.1 Å². The molecule has 3 aromatic rings. The van der Waals surface area contributed by atoms with Gasteiger partial charge in [-0.15, -0.1) is 0 Å². The largest absolute Gasteiger partial charge is 0.387 e. The van der Waals surface area contributed by atoms with Crippen LogP contribution in [0.4, 0.5) is 10.5 Å². The number of hydrogen-bond donors (Lipinski definition) is 2. The van der Waals surface area contributed by atoms with Crippen molar-refractivity contribution >= 4 is 23.3 Å². The third-order valence-corrected chi connectivity index (χ3v) is 4.96. The molecule has 0 saturated heterocycles. The molecule has 3 aromatic carbocycles.